The van der Waals surface area contributed by atoms with Crippen molar-refractivity contribution in [3.8, 4) is 0 Å². The molecular formula is C9H15N3O. The fraction of sp³-hybridized carbons (Fsp3) is 0.778. The Bertz CT molecular complexity index is 284. The first kappa shape index (κ1) is 8.69. The molecule has 1 aliphatic carbocycles. The van der Waals surface area contributed by atoms with Crippen molar-refractivity contribution >= 4 is 0 Å². The second kappa shape index (κ2) is 3.46. The van der Waals surface area contributed by atoms with E-state index in [1.807, 2.05) is 0 Å². The predicted octanol–water partition coefficient (Wildman–Crippen LogP) is 1.08. The molecule has 1 aromatic heterocycles. The molecule has 1 fully saturated rings. The summed E-state index contributed by atoms with van der Waals surface area (Å²) in [5.74, 6) is 2.88. The van der Waals surface area contributed by atoms with Gasteiger partial charge in [-0.2, -0.15) is 4.98 Å². The van der Waals surface area contributed by atoms with Crippen LogP contribution >= 0.6 is 0 Å². The highest BCUT2D eigenvalue weighted by atomic mass is 16.5. The highest BCUT2D eigenvalue weighted by molar-refractivity contribution is 5.05. The molecule has 2 unspecified atom stereocenters. The third-order valence-corrected chi connectivity index (χ3v) is 2.51. The maximum atomic E-state index is 5.39. The van der Waals surface area contributed by atoms with E-state index in [0.717, 1.165) is 30.5 Å². The van der Waals surface area contributed by atoms with Gasteiger partial charge < -0.3 is 10.3 Å². The van der Waals surface area contributed by atoms with Gasteiger partial charge in [0.15, 0.2) is 5.82 Å². The van der Waals surface area contributed by atoms with E-state index in [0.29, 0.717) is 12.5 Å². The van der Waals surface area contributed by atoms with Crippen LogP contribution in [-0.4, -0.2) is 16.7 Å². The molecule has 2 rings (SSSR count). The van der Waals surface area contributed by atoms with Gasteiger partial charge in [0, 0.05) is 12.3 Å². The van der Waals surface area contributed by atoms with Crippen molar-refractivity contribution in [2.45, 2.75) is 32.1 Å². The van der Waals surface area contributed by atoms with Gasteiger partial charge in [-0.25, -0.2) is 0 Å². The molecule has 2 N–H and O–H groups in total. The Morgan fingerprint density at radius 2 is 2.38 bits per heavy atom. The van der Waals surface area contributed by atoms with Crippen LogP contribution in [0.5, 0.6) is 0 Å². The van der Waals surface area contributed by atoms with Gasteiger partial charge >= 0.3 is 0 Å². The van der Waals surface area contributed by atoms with E-state index in [1.54, 1.807) is 0 Å². The average molecular weight is 181 g/mol. The van der Waals surface area contributed by atoms with Gasteiger partial charge in [0.05, 0.1) is 0 Å². The number of aromatic nitrogens is 2. The molecule has 0 aliphatic heterocycles. The van der Waals surface area contributed by atoms with Crippen LogP contribution in [0.2, 0.25) is 0 Å². The van der Waals surface area contributed by atoms with Crippen molar-refractivity contribution in [2.24, 2.45) is 11.7 Å². The van der Waals surface area contributed by atoms with Crippen molar-refractivity contribution in [1.29, 1.82) is 0 Å². The number of aryl methyl sites for hydroxylation is 1. The minimum atomic E-state index is 0.527. The van der Waals surface area contributed by atoms with Gasteiger partial charge in [-0.15, -0.1) is 0 Å². The third-order valence-electron chi connectivity index (χ3n) is 2.51. The second-order valence-corrected chi connectivity index (χ2v) is 3.76. The summed E-state index contributed by atoms with van der Waals surface area (Å²) in [7, 11) is 0. The minimum absolute atomic E-state index is 0.527. The maximum Gasteiger partial charge on any atom is 0.230 e. The highest BCUT2D eigenvalue weighted by Gasteiger charge is 2.38. The fourth-order valence-corrected chi connectivity index (χ4v) is 1.45. The number of hydrogen-bond donors (Lipinski definition) is 1. The summed E-state index contributed by atoms with van der Waals surface area (Å²) in [6, 6.07) is 0. The summed E-state index contributed by atoms with van der Waals surface area (Å²) in [6.07, 6.45) is 2.96. The monoisotopic (exact) mass is 181 g/mol. The molecule has 0 bridgehead atoms. The van der Waals surface area contributed by atoms with Crippen LogP contribution in [0.4, 0.5) is 0 Å². The Morgan fingerprint density at radius 3 is 3.00 bits per heavy atom. The zero-order valence-corrected chi connectivity index (χ0v) is 7.86. The van der Waals surface area contributed by atoms with Gasteiger partial charge in [-0.3, -0.25) is 0 Å². The van der Waals surface area contributed by atoms with Crippen LogP contribution in [0.3, 0.4) is 0 Å². The Kier molecular flexibility index (Phi) is 2.31. The summed E-state index contributed by atoms with van der Waals surface area (Å²) in [5, 5.41) is 3.91. The van der Waals surface area contributed by atoms with Crippen molar-refractivity contribution in [1.82, 2.24) is 10.1 Å². The van der Waals surface area contributed by atoms with E-state index >= 15 is 0 Å². The zero-order chi connectivity index (χ0) is 9.26. The molecule has 1 saturated carbocycles. The fourth-order valence-electron chi connectivity index (χ4n) is 1.45. The van der Waals surface area contributed by atoms with E-state index in [9.17, 15) is 0 Å². The SMILES string of the molecule is CC1CC1c1nc(CCCN)no1. The lowest BCUT2D eigenvalue weighted by Crippen LogP contribution is -2.01. The molecule has 4 heteroatoms. The third kappa shape index (κ3) is 1.88. The summed E-state index contributed by atoms with van der Waals surface area (Å²) < 4.78 is 5.15. The van der Waals surface area contributed by atoms with Gasteiger partial charge in [-0.1, -0.05) is 12.1 Å². The molecule has 0 amide bonds. The smallest absolute Gasteiger partial charge is 0.230 e. The zero-order valence-electron chi connectivity index (χ0n) is 7.86. The van der Waals surface area contributed by atoms with E-state index in [1.165, 1.54) is 6.42 Å². The number of nitrogens with two attached hydrogens (primary N) is 1. The first-order chi connectivity index (χ1) is 6.31. The van der Waals surface area contributed by atoms with E-state index in [-0.39, 0.29) is 0 Å². The van der Waals surface area contributed by atoms with E-state index < -0.39 is 0 Å². The van der Waals surface area contributed by atoms with Crippen LogP contribution in [0, 0.1) is 5.92 Å². The first-order valence-corrected chi connectivity index (χ1v) is 4.84. The standard InChI is InChI=1S/C9H15N3O/c1-6-5-7(6)9-11-8(12-13-9)3-2-4-10/h6-7H,2-5,10H2,1H3. The minimum Gasteiger partial charge on any atom is -0.339 e. The lowest BCUT2D eigenvalue weighted by atomic mass is 10.3. The van der Waals surface area contributed by atoms with Crippen LogP contribution in [0.1, 0.15) is 37.4 Å². The molecule has 2 atom stereocenters. The molecule has 72 valence electrons. The number of nitrogens with zero attached hydrogens (tertiary/aromatic N) is 2. The van der Waals surface area contributed by atoms with Gasteiger partial charge in [0.1, 0.15) is 0 Å². The van der Waals surface area contributed by atoms with Crippen LogP contribution in [-0.2, 0) is 6.42 Å². The Balaban J connectivity index is 1.94. The number of hydrogen-bond acceptors (Lipinski definition) is 4. The van der Waals surface area contributed by atoms with Crippen molar-refractivity contribution in [3.05, 3.63) is 11.7 Å². The topological polar surface area (TPSA) is 64.9 Å². The summed E-state index contributed by atoms with van der Waals surface area (Å²) >= 11 is 0. The Morgan fingerprint density at radius 1 is 1.62 bits per heavy atom. The maximum absolute atomic E-state index is 5.39. The van der Waals surface area contributed by atoms with E-state index in [2.05, 4.69) is 17.1 Å². The predicted molar refractivity (Wildman–Crippen MR) is 48.2 cm³/mol. The number of rotatable bonds is 4. The largest absolute Gasteiger partial charge is 0.339 e. The molecule has 0 spiro atoms. The molecule has 0 radical (unpaired) electrons. The van der Waals surface area contributed by atoms with E-state index in [4.69, 9.17) is 10.3 Å². The molecule has 0 aromatic carbocycles. The van der Waals surface area contributed by atoms with Crippen LogP contribution in [0.15, 0.2) is 4.52 Å². The van der Waals surface area contributed by atoms with Gasteiger partial charge in [-0.05, 0) is 25.3 Å². The highest BCUT2D eigenvalue weighted by Crippen LogP contribution is 2.45. The summed E-state index contributed by atoms with van der Waals surface area (Å²) in [6.45, 7) is 2.89. The van der Waals surface area contributed by atoms with Crippen molar-refractivity contribution in [3.63, 3.8) is 0 Å². The summed E-state index contributed by atoms with van der Waals surface area (Å²) in [5.41, 5.74) is 5.39. The molecule has 1 heterocycles. The van der Waals surface area contributed by atoms with Crippen molar-refractivity contribution in [2.75, 3.05) is 6.54 Å². The normalized spacial score (nSPS) is 26.3. The van der Waals surface area contributed by atoms with Crippen LogP contribution < -0.4 is 5.73 Å². The molecule has 13 heavy (non-hydrogen) atoms. The molecular weight excluding hydrogens is 166 g/mol. The first-order valence-electron chi connectivity index (χ1n) is 4.84. The quantitative estimate of drug-likeness (QED) is 0.755. The molecule has 4 nitrogen and oxygen atoms in total. The average Bonchev–Trinajstić information content (AvgIpc) is 2.67. The molecule has 0 saturated heterocycles. The lowest BCUT2D eigenvalue weighted by Gasteiger charge is -1.88. The molecule has 1 aromatic rings. The Labute approximate surface area is 77.5 Å². The van der Waals surface area contributed by atoms with Gasteiger partial charge in [0.25, 0.3) is 0 Å². The lowest BCUT2D eigenvalue weighted by molar-refractivity contribution is 0.370. The van der Waals surface area contributed by atoms with Gasteiger partial charge in [0.2, 0.25) is 5.89 Å². The second-order valence-electron chi connectivity index (χ2n) is 3.76. The van der Waals surface area contributed by atoms with Crippen LogP contribution in [0.25, 0.3) is 0 Å². The Hall–Kier alpha value is -0.900. The summed E-state index contributed by atoms with van der Waals surface area (Å²) in [4.78, 5) is 4.33. The van der Waals surface area contributed by atoms with Crippen molar-refractivity contribution < 1.29 is 4.52 Å². The molecule has 1 aliphatic rings.